The first-order valence-electron chi connectivity index (χ1n) is 9.25. The predicted molar refractivity (Wildman–Crippen MR) is 97.3 cm³/mol. The smallest absolute Gasteiger partial charge is 0.256 e. The number of aryl methyl sites for hydroxylation is 1. The quantitative estimate of drug-likeness (QED) is 0.882. The fourth-order valence-corrected chi connectivity index (χ4v) is 4.36. The summed E-state index contributed by atoms with van der Waals surface area (Å²) in [5.41, 5.74) is 9.77. The third-order valence-corrected chi connectivity index (χ3v) is 5.81. The normalized spacial score (nSPS) is 23.5. The van der Waals surface area contributed by atoms with E-state index in [4.69, 9.17) is 5.73 Å². The summed E-state index contributed by atoms with van der Waals surface area (Å²) in [6.45, 7) is 3.41. The van der Waals surface area contributed by atoms with Crippen LogP contribution >= 0.6 is 0 Å². The monoisotopic (exact) mass is 339 g/mol. The first kappa shape index (κ1) is 16.2. The van der Waals surface area contributed by atoms with Crippen LogP contribution in [0.4, 0.5) is 0 Å². The summed E-state index contributed by atoms with van der Waals surface area (Å²) >= 11 is 0. The summed E-state index contributed by atoms with van der Waals surface area (Å²) < 4.78 is 0. The van der Waals surface area contributed by atoms with E-state index in [-0.39, 0.29) is 17.7 Å². The number of carbonyl (C=O) groups is 2. The zero-order valence-corrected chi connectivity index (χ0v) is 14.7. The van der Waals surface area contributed by atoms with Crippen LogP contribution in [0.15, 0.2) is 18.2 Å². The standard InChI is InChI=1S/C20H25N3O2/c1-12-7-8-17-16(10-12)14-5-2-6-15(18(14)22-17)20(25)23-9-3-4-13(11-23)19(21)24/h2,5-6,12-13,22H,3-4,7-11H2,1H3,(H2,21,24). The summed E-state index contributed by atoms with van der Waals surface area (Å²) in [4.78, 5) is 29.9. The molecule has 5 nitrogen and oxygen atoms in total. The highest BCUT2D eigenvalue weighted by molar-refractivity contribution is 6.07. The predicted octanol–water partition coefficient (Wildman–Crippen LogP) is 2.63. The minimum atomic E-state index is -0.306. The maximum absolute atomic E-state index is 13.1. The molecule has 2 heterocycles. The second kappa shape index (κ2) is 6.21. The molecule has 2 atom stereocenters. The fourth-order valence-electron chi connectivity index (χ4n) is 4.36. The van der Waals surface area contributed by atoms with Crippen molar-refractivity contribution in [1.29, 1.82) is 0 Å². The largest absolute Gasteiger partial charge is 0.369 e. The molecule has 1 aliphatic heterocycles. The van der Waals surface area contributed by atoms with Gasteiger partial charge in [-0.15, -0.1) is 0 Å². The number of aromatic nitrogens is 1. The summed E-state index contributed by atoms with van der Waals surface area (Å²) in [7, 11) is 0. The van der Waals surface area contributed by atoms with E-state index in [1.165, 1.54) is 23.1 Å². The van der Waals surface area contributed by atoms with E-state index in [0.29, 0.717) is 24.6 Å². The molecule has 132 valence electrons. The van der Waals surface area contributed by atoms with Crippen LogP contribution in [0.1, 0.15) is 47.8 Å². The Kier molecular flexibility index (Phi) is 4.02. The molecule has 5 heteroatoms. The van der Waals surface area contributed by atoms with Crippen molar-refractivity contribution in [3.8, 4) is 0 Å². The number of primary amides is 1. The van der Waals surface area contributed by atoms with Gasteiger partial charge in [-0.25, -0.2) is 0 Å². The Hall–Kier alpha value is -2.30. The van der Waals surface area contributed by atoms with Crippen molar-refractivity contribution >= 4 is 22.7 Å². The lowest BCUT2D eigenvalue weighted by Gasteiger charge is -2.31. The average molecular weight is 339 g/mol. The molecule has 1 saturated heterocycles. The van der Waals surface area contributed by atoms with Crippen LogP contribution in [0.3, 0.4) is 0 Å². The molecule has 25 heavy (non-hydrogen) atoms. The number of para-hydroxylation sites is 1. The van der Waals surface area contributed by atoms with Gasteiger partial charge in [0.05, 0.1) is 17.0 Å². The minimum Gasteiger partial charge on any atom is -0.369 e. The average Bonchev–Trinajstić information content (AvgIpc) is 2.99. The summed E-state index contributed by atoms with van der Waals surface area (Å²) in [6, 6.07) is 5.98. The number of amides is 2. The molecular weight excluding hydrogens is 314 g/mol. The third kappa shape index (κ3) is 2.81. The maximum Gasteiger partial charge on any atom is 0.256 e. The van der Waals surface area contributed by atoms with Gasteiger partial charge in [0.15, 0.2) is 0 Å². The Bertz CT molecular complexity index is 839. The number of hydrogen-bond acceptors (Lipinski definition) is 2. The van der Waals surface area contributed by atoms with Gasteiger partial charge in [0, 0.05) is 24.2 Å². The molecule has 1 aromatic carbocycles. The SMILES string of the molecule is CC1CCc2[nH]c3c(C(=O)N4CCCC(C(N)=O)C4)cccc3c2C1. The van der Waals surface area contributed by atoms with Crippen LogP contribution in [-0.4, -0.2) is 34.8 Å². The van der Waals surface area contributed by atoms with Crippen LogP contribution in [0.25, 0.3) is 10.9 Å². The van der Waals surface area contributed by atoms with E-state index in [9.17, 15) is 9.59 Å². The zero-order chi connectivity index (χ0) is 17.6. The van der Waals surface area contributed by atoms with Gasteiger partial charge in [-0.2, -0.15) is 0 Å². The van der Waals surface area contributed by atoms with Crippen molar-refractivity contribution in [3.05, 3.63) is 35.0 Å². The van der Waals surface area contributed by atoms with E-state index < -0.39 is 0 Å². The van der Waals surface area contributed by atoms with Gasteiger partial charge < -0.3 is 15.6 Å². The van der Waals surface area contributed by atoms with E-state index in [0.717, 1.165) is 31.2 Å². The number of hydrogen-bond donors (Lipinski definition) is 2. The van der Waals surface area contributed by atoms with E-state index in [2.05, 4.69) is 18.0 Å². The zero-order valence-electron chi connectivity index (χ0n) is 14.7. The van der Waals surface area contributed by atoms with Gasteiger partial charge in [0.1, 0.15) is 0 Å². The van der Waals surface area contributed by atoms with Gasteiger partial charge in [-0.3, -0.25) is 9.59 Å². The molecule has 2 unspecified atom stereocenters. The topological polar surface area (TPSA) is 79.2 Å². The molecular formula is C20H25N3O2. The molecule has 0 saturated carbocycles. The fraction of sp³-hybridized carbons (Fsp3) is 0.500. The third-order valence-electron chi connectivity index (χ3n) is 5.81. The van der Waals surface area contributed by atoms with Crippen LogP contribution in [0.5, 0.6) is 0 Å². The first-order valence-corrected chi connectivity index (χ1v) is 9.25. The number of H-pyrrole nitrogens is 1. The van der Waals surface area contributed by atoms with E-state index in [1.54, 1.807) is 4.90 Å². The molecule has 0 radical (unpaired) electrons. The van der Waals surface area contributed by atoms with Crippen LogP contribution in [-0.2, 0) is 17.6 Å². The Morgan fingerprint density at radius 2 is 2.12 bits per heavy atom. The van der Waals surface area contributed by atoms with Crippen molar-refractivity contribution in [3.63, 3.8) is 0 Å². The lowest BCUT2D eigenvalue weighted by Crippen LogP contribution is -2.44. The lowest BCUT2D eigenvalue weighted by atomic mass is 9.87. The minimum absolute atomic E-state index is 0.00296. The highest BCUT2D eigenvalue weighted by Gasteiger charge is 2.29. The number of fused-ring (bicyclic) bond motifs is 3. The second-order valence-corrected chi connectivity index (χ2v) is 7.65. The number of rotatable bonds is 2. The van der Waals surface area contributed by atoms with Crippen molar-refractivity contribution in [1.82, 2.24) is 9.88 Å². The van der Waals surface area contributed by atoms with Crippen LogP contribution in [0, 0.1) is 11.8 Å². The van der Waals surface area contributed by atoms with E-state index >= 15 is 0 Å². The van der Waals surface area contributed by atoms with Gasteiger partial charge in [-0.1, -0.05) is 19.1 Å². The molecule has 2 aromatic rings. The number of nitrogens with zero attached hydrogens (tertiary/aromatic N) is 1. The molecule has 2 amide bonds. The number of aromatic amines is 1. The Morgan fingerprint density at radius 3 is 2.92 bits per heavy atom. The molecule has 1 aliphatic carbocycles. The van der Waals surface area contributed by atoms with Crippen molar-refractivity contribution in [2.75, 3.05) is 13.1 Å². The first-order chi connectivity index (χ1) is 12.0. The Balaban J connectivity index is 1.69. The summed E-state index contributed by atoms with van der Waals surface area (Å²) in [5.74, 6) is 0.155. The lowest BCUT2D eigenvalue weighted by molar-refractivity contribution is -0.123. The molecule has 0 bridgehead atoms. The van der Waals surface area contributed by atoms with Crippen LogP contribution < -0.4 is 5.73 Å². The summed E-state index contributed by atoms with van der Waals surface area (Å²) in [5, 5.41) is 1.18. The van der Waals surface area contributed by atoms with Gasteiger partial charge in [0.2, 0.25) is 5.91 Å². The number of piperidine rings is 1. The molecule has 0 spiro atoms. The second-order valence-electron chi connectivity index (χ2n) is 7.65. The van der Waals surface area contributed by atoms with Crippen molar-refractivity contribution in [2.24, 2.45) is 17.6 Å². The number of nitrogens with one attached hydrogen (secondary N) is 1. The number of likely N-dealkylation sites (tertiary alicyclic amines) is 1. The molecule has 3 N–H and O–H groups in total. The number of benzene rings is 1. The van der Waals surface area contributed by atoms with Crippen LogP contribution in [0.2, 0.25) is 0 Å². The molecule has 1 aromatic heterocycles. The highest BCUT2D eigenvalue weighted by atomic mass is 16.2. The van der Waals surface area contributed by atoms with Gasteiger partial charge in [0.25, 0.3) is 5.91 Å². The highest BCUT2D eigenvalue weighted by Crippen LogP contribution is 2.33. The van der Waals surface area contributed by atoms with Crippen molar-refractivity contribution in [2.45, 2.75) is 39.0 Å². The molecule has 2 aliphatic rings. The summed E-state index contributed by atoms with van der Waals surface area (Å²) in [6.07, 6.45) is 4.91. The van der Waals surface area contributed by atoms with E-state index in [1.807, 2.05) is 12.1 Å². The Labute approximate surface area is 147 Å². The number of carbonyl (C=O) groups excluding carboxylic acids is 2. The van der Waals surface area contributed by atoms with Crippen molar-refractivity contribution < 1.29 is 9.59 Å². The molecule has 1 fully saturated rings. The maximum atomic E-state index is 13.1. The van der Waals surface area contributed by atoms with Gasteiger partial charge >= 0.3 is 0 Å². The number of nitrogens with two attached hydrogens (primary N) is 1. The molecule has 4 rings (SSSR count). The Morgan fingerprint density at radius 1 is 1.28 bits per heavy atom. The van der Waals surface area contributed by atoms with Gasteiger partial charge in [-0.05, 0) is 49.7 Å².